The summed E-state index contributed by atoms with van der Waals surface area (Å²) in [6, 6.07) is 7.42. The van der Waals surface area contributed by atoms with Crippen molar-refractivity contribution < 1.29 is 5.11 Å². The van der Waals surface area contributed by atoms with Crippen LogP contribution in [0.1, 0.15) is 24.8 Å². The van der Waals surface area contributed by atoms with Crippen LogP contribution < -0.4 is 11.1 Å². The second-order valence-electron chi connectivity index (χ2n) is 4.52. The quantitative estimate of drug-likeness (QED) is 0.692. The molecule has 1 saturated carbocycles. The Kier molecular flexibility index (Phi) is 3.50. The van der Waals surface area contributed by atoms with E-state index in [1.54, 1.807) is 6.07 Å². The Morgan fingerprint density at radius 1 is 1.47 bits per heavy atom. The zero-order valence-corrected chi connectivity index (χ0v) is 9.69. The average molecular weight is 231 g/mol. The van der Waals surface area contributed by atoms with Gasteiger partial charge in [-0.05, 0) is 25.0 Å². The lowest BCUT2D eigenvalue weighted by Crippen LogP contribution is -2.22. The van der Waals surface area contributed by atoms with Crippen LogP contribution in [0.4, 0.5) is 11.4 Å². The zero-order valence-electron chi connectivity index (χ0n) is 9.69. The highest BCUT2D eigenvalue weighted by Gasteiger charge is 2.24. The van der Waals surface area contributed by atoms with Gasteiger partial charge >= 0.3 is 0 Å². The van der Waals surface area contributed by atoms with Crippen molar-refractivity contribution in [1.82, 2.24) is 0 Å². The molecule has 1 aromatic carbocycles. The molecule has 2 atom stereocenters. The van der Waals surface area contributed by atoms with Crippen LogP contribution in [0.5, 0.6) is 0 Å². The summed E-state index contributed by atoms with van der Waals surface area (Å²) in [5, 5.41) is 21.8. The molecule has 1 aromatic rings. The first-order valence-electron chi connectivity index (χ1n) is 5.93. The molecule has 0 aliphatic heterocycles. The Morgan fingerprint density at radius 3 is 2.94 bits per heavy atom. The summed E-state index contributed by atoms with van der Waals surface area (Å²) >= 11 is 0. The molecule has 4 nitrogen and oxygen atoms in total. The molecule has 17 heavy (non-hydrogen) atoms. The summed E-state index contributed by atoms with van der Waals surface area (Å²) in [7, 11) is 0. The average Bonchev–Trinajstić information content (AvgIpc) is 2.74. The minimum Gasteiger partial charge on any atom is -0.396 e. The SMILES string of the molecule is N#Cc1cccc(NCC2CCCC2O)c1N. The van der Waals surface area contributed by atoms with Crippen molar-refractivity contribution in [3.05, 3.63) is 23.8 Å². The van der Waals surface area contributed by atoms with Crippen molar-refractivity contribution in [1.29, 1.82) is 5.26 Å². The Labute approximate surface area is 101 Å². The molecule has 1 aliphatic rings. The molecular weight excluding hydrogens is 214 g/mol. The Bertz CT molecular complexity index is 439. The third-order valence-electron chi connectivity index (χ3n) is 3.40. The van der Waals surface area contributed by atoms with E-state index in [2.05, 4.69) is 11.4 Å². The number of nitrogens with one attached hydrogen (secondary N) is 1. The first-order valence-corrected chi connectivity index (χ1v) is 5.93. The van der Waals surface area contributed by atoms with Gasteiger partial charge in [-0.2, -0.15) is 5.26 Å². The topological polar surface area (TPSA) is 82.1 Å². The third kappa shape index (κ3) is 2.51. The van der Waals surface area contributed by atoms with E-state index in [-0.39, 0.29) is 6.10 Å². The number of benzene rings is 1. The van der Waals surface area contributed by atoms with Crippen LogP contribution in [-0.2, 0) is 0 Å². The molecule has 0 heterocycles. The predicted molar refractivity (Wildman–Crippen MR) is 67.4 cm³/mol. The van der Waals surface area contributed by atoms with Crippen molar-refractivity contribution in [2.75, 3.05) is 17.6 Å². The first-order chi connectivity index (χ1) is 8.22. The van der Waals surface area contributed by atoms with Gasteiger partial charge in [0.25, 0.3) is 0 Å². The number of anilines is 2. The van der Waals surface area contributed by atoms with E-state index >= 15 is 0 Å². The van der Waals surface area contributed by atoms with E-state index < -0.39 is 0 Å². The third-order valence-corrected chi connectivity index (χ3v) is 3.40. The molecule has 0 saturated heterocycles. The largest absolute Gasteiger partial charge is 0.396 e. The number of hydrogen-bond acceptors (Lipinski definition) is 4. The van der Waals surface area contributed by atoms with Gasteiger partial charge in [-0.1, -0.05) is 12.5 Å². The maximum atomic E-state index is 9.71. The zero-order chi connectivity index (χ0) is 12.3. The van der Waals surface area contributed by atoms with E-state index in [1.807, 2.05) is 12.1 Å². The lowest BCUT2D eigenvalue weighted by molar-refractivity contribution is 0.138. The summed E-state index contributed by atoms with van der Waals surface area (Å²) in [4.78, 5) is 0. The molecule has 0 aromatic heterocycles. The van der Waals surface area contributed by atoms with Gasteiger partial charge in [-0.25, -0.2) is 0 Å². The smallest absolute Gasteiger partial charge is 0.101 e. The number of rotatable bonds is 3. The van der Waals surface area contributed by atoms with Crippen LogP contribution in [-0.4, -0.2) is 17.8 Å². The number of hydrogen-bond donors (Lipinski definition) is 3. The Balaban J connectivity index is 2.02. The van der Waals surface area contributed by atoms with Crippen LogP contribution in [0.2, 0.25) is 0 Å². The number of para-hydroxylation sites is 1. The van der Waals surface area contributed by atoms with Gasteiger partial charge in [0.1, 0.15) is 6.07 Å². The van der Waals surface area contributed by atoms with Crippen LogP contribution in [0, 0.1) is 17.2 Å². The van der Waals surface area contributed by atoms with E-state index in [4.69, 9.17) is 11.0 Å². The monoisotopic (exact) mass is 231 g/mol. The number of aliphatic hydroxyl groups excluding tert-OH is 1. The van der Waals surface area contributed by atoms with Crippen molar-refractivity contribution in [2.45, 2.75) is 25.4 Å². The molecule has 4 heteroatoms. The molecule has 0 amide bonds. The van der Waals surface area contributed by atoms with E-state index in [0.29, 0.717) is 23.7 Å². The molecule has 1 aliphatic carbocycles. The van der Waals surface area contributed by atoms with Gasteiger partial charge in [0, 0.05) is 12.5 Å². The molecule has 90 valence electrons. The standard InChI is InChI=1S/C13H17N3O/c14-7-9-3-1-5-11(13(9)15)16-8-10-4-2-6-12(10)17/h1,3,5,10,12,16-17H,2,4,6,8,15H2. The summed E-state index contributed by atoms with van der Waals surface area (Å²) in [5.74, 6) is 0.292. The van der Waals surface area contributed by atoms with Crippen LogP contribution in [0.3, 0.4) is 0 Å². The summed E-state index contributed by atoms with van der Waals surface area (Å²) in [5.41, 5.74) is 7.62. The minimum atomic E-state index is -0.206. The molecule has 4 N–H and O–H groups in total. The normalized spacial score (nSPS) is 23.3. The van der Waals surface area contributed by atoms with Gasteiger partial charge in [0.05, 0.1) is 23.0 Å². The minimum absolute atomic E-state index is 0.206. The molecule has 2 unspecified atom stereocenters. The summed E-state index contributed by atoms with van der Waals surface area (Å²) < 4.78 is 0. The van der Waals surface area contributed by atoms with E-state index in [0.717, 1.165) is 24.9 Å². The lowest BCUT2D eigenvalue weighted by Gasteiger charge is -2.17. The lowest BCUT2D eigenvalue weighted by atomic mass is 10.1. The summed E-state index contributed by atoms with van der Waals surface area (Å²) in [6.45, 7) is 0.709. The highest BCUT2D eigenvalue weighted by atomic mass is 16.3. The molecule has 2 rings (SSSR count). The van der Waals surface area contributed by atoms with Gasteiger partial charge in [0.2, 0.25) is 0 Å². The van der Waals surface area contributed by atoms with Gasteiger partial charge in [0.15, 0.2) is 0 Å². The maximum absolute atomic E-state index is 9.71. The molecular formula is C13H17N3O. The van der Waals surface area contributed by atoms with Crippen LogP contribution >= 0.6 is 0 Å². The molecule has 0 radical (unpaired) electrons. The second kappa shape index (κ2) is 5.07. The fourth-order valence-electron chi connectivity index (χ4n) is 2.31. The van der Waals surface area contributed by atoms with Crippen molar-refractivity contribution in [2.24, 2.45) is 5.92 Å². The van der Waals surface area contributed by atoms with Crippen molar-refractivity contribution in [3.63, 3.8) is 0 Å². The molecule has 0 bridgehead atoms. The first kappa shape index (κ1) is 11.7. The van der Waals surface area contributed by atoms with Gasteiger partial charge in [-0.15, -0.1) is 0 Å². The number of nitriles is 1. The second-order valence-corrected chi connectivity index (χ2v) is 4.52. The number of nitrogens with zero attached hydrogens (tertiary/aromatic N) is 1. The molecule has 1 fully saturated rings. The number of nitrogens with two attached hydrogens (primary N) is 1. The summed E-state index contributed by atoms with van der Waals surface area (Å²) in [6.07, 6.45) is 2.82. The molecule has 0 spiro atoms. The van der Waals surface area contributed by atoms with E-state index in [9.17, 15) is 5.11 Å². The fourth-order valence-corrected chi connectivity index (χ4v) is 2.31. The predicted octanol–water partition coefficient (Wildman–Crippen LogP) is 1.71. The fraction of sp³-hybridized carbons (Fsp3) is 0.462. The Morgan fingerprint density at radius 2 is 2.29 bits per heavy atom. The number of nitrogen functional groups attached to an aromatic ring is 1. The van der Waals surface area contributed by atoms with Gasteiger partial charge < -0.3 is 16.2 Å². The highest BCUT2D eigenvalue weighted by Crippen LogP contribution is 2.27. The highest BCUT2D eigenvalue weighted by molar-refractivity contribution is 5.72. The van der Waals surface area contributed by atoms with Gasteiger partial charge in [-0.3, -0.25) is 0 Å². The van der Waals surface area contributed by atoms with Crippen LogP contribution in [0.25, 0.3) is 0 Å². The van der Waals surface area contributed by atoms with Crippen LogP contribution in [0.15, 0.2) is 18.2 Å². The van der Waals surface area contributed by atoms with E-state index in [1.165, 1.54) is 0 Å². The Hall–Kier alpha value is -1.73. The van der Waals surface area contributed by atoms with Crippen molar-refractivity contribution in [3.8, 4) is 6.07 Å². The van der Waals surface area contributed by atoms with Crippen molar-refractivity contribution >= 4 is 11.4 Å². The number of aliphatic hydroxyl groups is 1. The maximum Gasteiger partial charge on any atom is 0.101 e.